The van der Waals surface area contributed by atoms with Gasteiger partial charge in [-0.2, -0.15) is 0 Å². The van der Waals surface area contributed by atoms with Crippen molar-refractivity contribution in [1.82, 2.24) is 14.5 Å². The van der Waals surface area contributed by atoms with E-state index in [-0.39, 0.29) is 11.6 Å². The van der Waals surface area contributed by atoms with Gasteiger partial charge in [0.25, 0.3) is 5.91 Å². The van der Waals surface area contributed by atoms with E-state index in [0.717, 1.165) is 16.6 Å². The summed E-state index contributed by atoms with van der Waals surface area (Å²) in [6.07, 6.45) is 0. The summed E-state index contributed by atoms with van der Waals surface area (Å²) in [6, 6.07) is 12.5. The van der Waals surface area contributed by atoms with Crippen LogP contribution in [0.25, 0.3) is 11.0 Å². The minimum Gasteiger partial charge on any atom is -0.348 e. The van der Waals surface area contributed by atoms with Crippen molar-refractivity contribution in [3.8, 4) is 0 Å². The zero-order valence-electron chi connectivity index (χ0n) is 12.8. The van der Waals surface area contributed by atoms with Gasteiger partial charge in [-0.05, 0) is 35.9 Å². The second kappa shape index (κ2) is 5.93. The van der Waals surface area contributed by atoms with Crippen molar-refractivity contribution in [2.45, 2.75) is 6.54 Å². The van der Waals surface area contributed by atoms with Crippen molar-refractivity contribution in [1.29, 1.82) is 0 Å². The molecule has 118 valence electrons. The van der Waals surface area contributed by atoms with Gasteiger partial charge in [0, 0.05) is 31.2 Å². The van der Waals surface area contributed by atoms with Gasteiger partial charge in [0.2, 0.25) is 0 Å². The molecular weight excluding hydrogens is 314 g/mol. The zero-order valence-corrected chi connectivity index (χ0v) is 13.6. The molecule has 0 aliphatic carbocycles. The van der Waals surface area contributed by atoms with Crippen LogP contribution in [0.3, 0.4) is 0 Å². The normalized spacial score (nSPS) is 10.9. The smallest absolute Gasteiger partial charge is 0.328 e. The molecule has 0 saturated heterocycles. The molecule has 0 aliphatic heterocycles. The van der Waals surface area contributed by atoms with Crippen LogP contribution in [0.1, 0.15) is 15.9 Å². The molecule has 2 aromatic carbocycles. The minimum absolute atomic E-state index is 0.0693. The molecule has 0 fully saturated rings. The maximum absolute atomic E-state index is 12.1. The topological polar surface area (TPSA) is 56.0 Å². The number of benzene rings is 2. The maximum atomic E-state index is 12.1. The number of amides is 1. The van der Waals surface area contributed by atoms with E-state index in [0.29, 0.717) is 17.1 Å². The number of imidazole rings is 1. The first-order valence-corrected chi connectivity index (χ1v) is 7.53. The summed E-state index contributed by atoms with van der Waals surface area (Å²) in [5.74, 6) is -0.186. The Labute approximate surface area is 138 Å². The van der Waals surface area contributed by atoms with Crippen molar-refractivity contribution < 1.29 is 4.79 Å². The summed E-state index contributed by atoms with van der Waals surface area (Å²) in [4.78, 5) is 24.1. The average Bonchev–Trinajstić information content (AvgIpc) is 2.77. The van der Waals surface area contributed by atoms with Gasteiger partial charge in [0.1, 0.15) is 0 Å². The molecule has 3 rings (SSSR count). The lowest BCUT2D eigenvalue weighted by atomic mass is 10.1. The number of carbonyl (C=O) groups excluding carboxylic acids is 1. The van der Waals surface area contributed by atoms with Crippen LogP contribution < -0.4 is 11.0 Å². The molecule has 1 aromatic heterocycles. The van der Waals surface area contributed by atoms with Gasteiger partial charge < -0.3 is 5.32 Å². The number of nitrogens with one attached hydrogen (secondary N) is 1. The van der Waals surface area contributed by atoms with Crippen molar-refractivity contribution in [3.63, 3.8) is 0 Å². The number of carbonyl (C=O) groups is 1. The van der Waals surface area contributed by atoms with E-state index >= 15 is 0 Å². The summed E-state index contributed by atoms with van der Waals surface area (Å²) in [5.41, 5.74) is 3.08. The third-order valence-corrected chi connectivity index (χ3v) is 4.11. The lowest BCUT2D eigenvalue weighted by molar-refractivity contribution is 0.0951. The number of aromatic nitrogens is 2. The average molecular weight is 330 g/mol. The fraction of sp³-hybridized carbons (Fsp3) is 0.176. The third-order valence-electron chi connectivity index (χ3n) is 3.88. The number of aryl methyl sites for hydroxylation is 2. The summed E-state index contributed by atoms with van der Waals surface area (Å²) in [7, 11) is 3.48. The van der Waals surface area contributed by atoms with E-state index in [2.05, 4.69) is 5.32 Å². The van der Waals surface area contributed by atoms with Gasteiger partial charge in [-0.1, -0.05) is 23.7 Å². The van der Waals surface area contributed by atoms with Crippen LogP contribution in [0.2, 0.25) is 5.02 Å². The molecule has 3 aromatic rings. The van der Waals surface area contributed by atoms with Gasteiger partial charge in [0.05, 0.1) is 11.0 Å². The predicted molar refractivity (Wildman–Crippen MR) is 90.8 cm³/mol. The Kier molecular flexibility index (Phi) is 3.96. The third kappa shape index (κ3) is 2.87. The van der Waals surface area contributed by atoms with E-state index in [1.165, 1.54) is 0 Å². The standard InChI is InChI=1S/C17H16ClN3O2/c1-20-14-7-6-11(8-15(14)21(2)17(20)23)10-19-16(22)12-4-3-5-13(18)9-12/h3-9H,10H2,1-2H3,(H,19,22). The quantitative estimate of drug-likeness (QED) is 0.802. The number of hydrogen-bond acceptors (Lipinski definition) is 2. The molecule has 0 spiro atoms. The van der Waals surface area contributed by atoms with Crippen LogP contribution in [0.5, 0.6) is 0 Å². The van der Waals surface area contributed by atoms with Gasteiger partial charge in [0.15, 0.2) is 0 Å². The highest BCUT2D eigenvalue weighted by atomic mass is 35.5. The highest BCUT2D eigenvalue weighted by Gasteiger charge is 2.09. The highest BCUT2D eigenvalue weighted by molar-refractivity contribution is 6.30. The van der Waals surface area contributed by atoms with Crippen molar-refractivity contribution >= 4 is 28.5 Å². The van der Waals surface area contributed by atoms with Crippen LogP contribution in [0.15, 0.2) is 47.3 Å². The Bertz CT molecular complexity index is 956. The predicted octanol–water partition coefficient (Wildman–Crippen LogP) is 2.46. The molecule has 0 aliphatic rings. The number of hydrogen-bond donors (Lipinski definition) is 1. The first-order valence-electron chi connectivity index (χ1n) is 7.15. The Morgan fingerprint density at radius 3 is 2.57 bits per heavy atom. The molecule has 0 unspecified atom stereocenters. The molecule has 1 heterocycles. The molecule has 1 N–H and O–H groups in total. The van der Waals surface area contributed by atoms with Crippen LogP contribution in [-0.4, -0.2) is 15.0 Å². The summed E-state index contributed by atoms with van der Waals surface area (Å²) in [5, 5.41) is 3.38. The van der Waals surface area contributed by atoms with Gasteiger partial charge in [-0.15, -0.1) is 0 Å². The monoisotopic (exact) mass is 329 g/mol. The van der Waals surface area contributed by atoms with Gasteiger partial charge >= 0.3 is 5.69 Å². The van der Waals surface area contributed by atoms with E-state index in [1.807, 2.05) is 18.2 Å². The summed E-state index contributed by atoms with van der Waals surface area (Å²) in [6.45, 7) is 0.379. The SMILES string of the molecule is Cn1c(=O)n(C)c2cc(CNC(=O)c3cccc(Cl)c3)ccc21. The molecule has 0 saturated carbocycles. The Morgan fingerprint density at radius 2 is 1.83 bits per heavy atom. The Morgan fingerprint density at radius 1 is 1.09 bits per heavy atom. The lowest BCUT2D eigenvalue weighted by Gasteiger charge is -2.06. The van der Waals surface area contributed by atoms with Gasteiger partial charge in [-0.3, -0.25) is 13.9 Å². The van der Waals surface area contributed by atoms with E-state index < -0.39 is 0 Å². The fourth-order valence-corrected chi connectivity index (χ4v) is 2.77. The highest BCUT2D eigenvalue weighted by Crippen LogP contribution is 2.14. The fourth-order valence-electron chi connectivity index (χ4n) is 2.58. The minimum atomic E-state index is -0.186. The molecule has 0 bridgehead atoms. The first-order chi connectivity index (χ1) is 11.0. The van der Waals surface area contributed by atoms with Crippen LogP contribution in [0.4, 0.5) is 0 Å². The maximum Gasteiger partial charge on any atom is 0.328 e. The molecule has 23 heavy (non-hydrogen) atoms. The first kappa shape index (κ1) is 15.4. The Balaban J connectivity index is 1.81. The molecule has 0 atom stereocenters. The number of halogens is 1. The lowest BCUT2D eigenvalue weighted by Crippen LogP contribution is -2.22. The molecule has 0 radical (unpaired) electrons. The van der Waals surface area contributed by atoms with Crippen molar-refractivity contribution in [2.24, 2.45) is 14.1 Å². The zero-order chi connectivity index (χ0) is 16.6. The summed E-state index contributed by atoms with van der Waals surface area (Å²) >= 11 is 5.89. The number of rotatable bonds is 3. The molecule has 6 heteroatoms. The van der Waals surface area contributed by atoms with E-state index in [1.54, 1.807) is 47.5 Å². The van der Waals surface area contributed by atoms with E-state index in [4.69, 9.17) is 11.6 Å². The molecule has 1 amide bonds. The van der Waals surface area contributed by atoms with Crippen molar-refractivity contribution in [3.05, 3.63) is 69.1 Å². The van der Waals surface area contributed by atoms with Crippen LogP contribution in [-0.2, 0) is 20.6 Å². The second-order valence-corrected chi connectivity index (χ2v) is 5.85. The van der Waals surface area contributed by atoms with Crippen molar-refractivity contribution in [2.75, 3.05) is 0 Å². The Hall–Kier alpha value is -2.53. The van der Waals surface area contributed by atoms with Crippen LogP contribution in [0, 0.1) is 0 Å². The largest absolute Gasteiger partial charge is 0.348 e. The second-order valence-electron chi connectivity index (χ2n) is 5.42. The number of nitrogens with zero attached hydrogens (tertiary/aromatic N) is 2. The van der Waals surface area contributed by atoms with Crippen LogP contribution >= 0.6 is 11.6 Å². The number of fused-ring (bicyclic) bond motifs is 1. The summed E-state index contributed by atoms with van der Waals surface area (Å²) < 4.78 is 3.20. The molecular formula is C17H16ClN3O2. The van der Waals surface area contributed by atoms with E-state index in [9.17, 15) is 9.59 Å². The molecule has 5 nitrogen and oxygen atoms in total. The van der Waals surface area contributed by atoms with Gasteiger partial charge in [-0.25, -0.2) is 4.79 Å².